The summed E-state index contributed by atoms with van der Waals surface area (Å²) < 4.78 is 0. The van der Waals surface area contributed by atoms with Gasteiger partial charge in [0.2, 0.25) is 0 Å². The van der Waals surface area contributed by atoms with Crippen LogP contribution in [0.3, 0.4) is 0 Å². The Morgan fingerprint density at radius 1 is 1.44 bits per heavy atom. The van der Waals surface area contributed by atoms with Gasteiger partial charge in [-0.05, 0) is 0 Å². The van der Waals surface area contributed by atoms with E-state index in [0.717, 1.165) is 11.3 Å². The van der Waals surface area contributed by atoms with E-state index in [9.17, 15) is 4.79 Å². The summed E-state index contributed by atoms with van der Waals surface area (Å²) in [5.74, 6) is 0.172. The molecule has 1 aromatic rings. The van der Waals surface area contributed by atoms with Crippen LogP contribution in [0.25, 0.3) is 0 Å². The lowest BCUT2D eigenvalue weighted by molar-refractivity contribution is 0.101. The highest BCUT2D eigenvalue weighted by Crippen LogP contribution is 2.19. The van der Waals surface area contributed by atoms with Gasteiger partial charge in [0, 0.05) is 12.4 Å². The predicted octanol–water partition coefficient (Wildman–Crippen LogP) is 0.623. The number of carbonyl (C=O) groups excluding carboxylic acids is 1. The van der Waals surface area contributed by atoms with Crippen LogP contribution in [0.2, 0.25) is 0 Å². The van der Waals surface area contributed by atoms with Crippen LogP contribution in [-0.4, -0.2) is 17.3 Å². The number of carbonyl (C=O) groups is 1. The predicted molar refractivity (Wildman–Crippen MR) is 33.6 cm³/mol. The standard InChI is InChI=1S/C6H6N2O/c9-6-3-8-5-2-7-1-4(5)6/h1-2,7-8H,3H2. The molecule has 0 aliphatic carbocycles. The molecule has 0 atom stereocenters. The van der Waals surface area contributed by atoms with E-state index in [1.54, 1.807) is 12.4 Å². The summed E-state index contributed by atoms with van der Waals surface area (Å²) in [7, 11) is 0. The fourth-order valence-electron chi connectivity index (χ4n) is 1.01. The quantitative estimate of drug-likeness (QED) is 0.530. The summed E-state index contributed by atoms with van der Waals surface area (Å²) in [6.07, 6.45) is 3.51. The van der Waals surface area contributed by atoms with Crippen molar-refractivity contribution < 1.29 is 4.79 Å². The first-order valence-electron chi connectivity index (χ1n) is 2.82. The zero-order chi connectivity index (χ0) is 6.27. The SMILES string of the molecule is O=C1CNc2c[nH]cc21. The fourth-order valence-corrected chi connectivity index (χ4v) is 1.01. The van der Waals surface area contributed by atoms with Gasteiger partial charge in [-0.15, -0.1) is 0 Å². The second-order valence-corrected chi connectivity index (χ2v) is 2.06. The molecule has 0 bridgehead atoms. The number of aromatic nitrogens is 1. The van der Waals surface area contributed by atoms with Crippen molar-refractivity contribution in [2.24, 2.45) is 0 Å². The van der Waals surface area contributed by atoms with Crippen molar-refractivity contribution in [3.05, 3.63) is 18.0 Å². The minimum Gasteiger partial charge on any atom is -0.376 e. The molecule has 3 heteroatoms. The molecule has 0 radical (unpaired) electrons. The number of hydrogen-bond acceptors (Lipinski definition) is 2. The number of ketones is 1. The summed E-state index contributed by atoms with van der Waals surface area (Å²) in [6.45, 7) is 0.458. The van der Waals surface area contributed by atoms with Gasteiger partial charge in [0.25, 0.3) is 0 Å². The van der Waals surface area contributed by atoms with E-state index < -0.39 is 0 Å². The Balaban J connectivity index is 2.61. The number of rotatable bonds is 0. The lowest BCUT2D eigenvalue weighted by Gasteiger charge is -1.85. The summed E-state index contributed by atoms with van der Waals surface area (Å²) in [4.78, 5) is 13.7. The van der Waals surface area contributed by atoms with Crippen molar-refractivity contribution >= 4 is 11.5 Å². The van der Waals surface area contributed by atoms with Crippen molar-refractivity contribution in [1.82, 2.24) is 4.98 Å². The molecule has 2 rings (SSSR count). The average molecular weight is 122 g/mol. The van der Waals surface area contributed by atoms with Crippen molar-refractivity contribution in [2.75, 3.05) is 11.9 Å². The monoisotopic (exact) mass is 122 g/mol. The number of H-pyrrole nitrogens is 1. The smallest absolute Gasteiger partial charge is 0.185 e. The second-order valence-electron chi connectivity index (χ2n) is 2.06. The van der Waals surface area contributed by atoms with Crippen LogP contribution in [0.5, 0.6) is 0 Å². The van der Waals surface area contributed by atoms with Gasteiger partial charge in [0.1, 0.15) is 0 Å². The molecule has 0 amide bonds. The summed E-state index contributed by atoms with van der Waals surface area (Å²) in [6, 6.07) is 0. The fraction of sp³-hybridized carbons (Fsp3) is 0.167. The number of Topliss-reactive ketones (excluding diaryl/α,β-unsaturated/α-hetero) is 1. The summed E-state index contributed by atoms with van der Waals surface area (Å²) >= 11 is 0. The van der Waals surface area contributed by atoms with E-state index in [2.05, 4.69) is 10.3 Å². The van der Waals surface area contributed by atoms with Crippen molar-refractivity contribution in [1.29, 1.82) is 0 Å². The van der Waals surface area contributed by atoms with Crippen molar-refractivity contribution in [2.45, 2.75) is 0 Å². The van der Waals surface area contributed by atoms with Crippen LogP contribution >= 0.6 is 0 Å². The number of anilines is 1. The van der Waals surface area contributed by atoms with Gasteiger partial charge < -0.3 is 10.3 Å². The Morgan fingerprint density at radius 2 is 2.33 bits per heavy atom. The van der Waals surface area contributed by atoms with Crippen molar-refractivity contribution in [3.8, 4) is 0 Å². The van der Waals surface area contributed by atoms with Crippen molar-refractivity contribution in [3.63, 3.8) is 0 Å². The maximum absolute atomic E-state index is 10.8. The van der Waals surface area contributed by atoms with Crippen LogP contribution in [0.4, 0.5) is 5.69 Å². The van der Waals surface area contributed by atoms with E-state index in [4.69, 9.17) is 0 Å². The zero-order valence-corrected chi connectivity index (χ0v) is 4.77. The van der Waals surface area contributed by atoms with E-state index >= 15 is 0 Å². The van der Waals surface area contributed by atoms with E-state index in [1.807, 2.05) is 0 Å². The third kappa shape index (κ3) is 0.483. The zero-order valence-electron chi connectivity index (χ0n) is 4.77. The molecule has 2 heterocycles. The molecule has 0 saturated heterocycles. The first-order chi connectivity index (χ1) is 4.38. The van der Waals surface area contributed by atoms with Gasteiger partial charge in [-0.1, -0.05) is 0 Å². The first-order valence-corrected chi connectivity index (χ1v) is 2.82. The Kier molecular flexibility index (Phi) is 0.704. The topological polar surface area (TPSA) is 44.9 Å². The van der Waals surface area contributed by atoms with Gasteiger partial charge in [-0.2, -0.15) is 0 Å². The molecule has 9 heavy (non-hydrogen) atoms. The summed E-state index contributed by atoms with van der Waals surface area (Å²) in [5.41, 5.74) is 1.72. The van der Waals surface area contributed by atoms with Crippen LogP contribution in [0, 0.1) is 0 Å². The number of aromatic amines is 1. The Hall–Kier alpha value is -1.25. The average Bonchev–Trinajstić information content (AvgIpc) is 2.35. The Bertz CT molecular complexity index is 251. The number of hydrogen-bond donors (Lipinski definition) is 2. The second kappa shape index (κ2) is 1.37. The van der Waals surface area contributed by atoms with Crippen LogP contribution in [-0.2, 0) is 0 Å². The van der Waals surface area contributed by atoms with Gasteiger partial charge in [-0.3, -0.25) is 4.79 Å². The Labute approximate surface area is 52.1 Å². The molecular weight excluding hydrogens is 116 g/mol. The molecule has 0 spiro atoms. The number of fused-ring (bicyclic) bond motifs is 1. The van der Waals surface area contributed by atoms with E-state index in [0.29, 0.717) is 6.54 Å². The van der Waals surface area contributed by atoms with E-state index in [1.165, 1.54) is 0 Å². The molecule has 1 aliphatic rings. The summed E-state index contributed by atoms with van der Waals surface area (Å²) in [5, 5.41) is 2.95. The molecule has 0 saturated carbocycles. The molecule has 3 nitrogen and oxygen atoms in total. The molecule has 1 aromatic heterocycles. The molecule has 0 aromatic carbocycles. The molecule has 1 aliphatic heterocycles. The first kappa shape index (κ1) is 4.61. The lowest BCUT2D eigenvalue weighted by atomic mass is 10.2. The number of nitrogens with one attached hydrogen (secondary N) is 2. The minimum absolute atomic E-state index is 0.172. The maximum Gasteiger partial charge on any atom is 0.185 e. The van der Waals surface area contributed by atoms with E-state index in [-0.39, 0.29) is 5.78 Å². The van der Waals surface area contributed by atoms with Gasteiger partial charge in [-0.25, -0.2) is 0 Å². The molecule has 0 unspecified atom stereocenters. The van der Waals surface area contributed by atoms with Gasteiger partial charge in [0.05, 0.1) is 17.8 Å². The molecule has 2 N–H and O–H groups in total. The normalized spacial score (nSPS) is 15.3. The maximum atomic E-state index is 10.8. The highest BCUT2D eigenvalue weighted by atomic mass is 16.1. The third-order valence-electron chi connectivity index (χ3n) is 1.49. The van der Waals surface area contributed by atoms with Gasteiger partial charge >= 0.3 is 0 Å². The highest BCUT2D eigenvalue weighted by molar-refractivity contribution is 6.07. The lowest BCUT2D eigenvalue weighted by Crippen LogP contribution is -2.01. The third-order valence-corrected chi connectivity index (χ3v) is 1.49. The molecular formula is C6H6N2O. The Morgan fingerprint density at radius 3 is 3.11 bits per heavy atom. The minimum atomic E-state index is 0.172. The molecule has 46 valence electrons. The molecule has 0 fully saturated rings. The van der Waals surface area contributed by atoms with Crippen LogP contribution < -0.4 is 5.32 Å². The van der Waals surface area contributed by atoms with Crippen LogP contribution in [0.15, 0.2) is 12.4 Å². The van der Waals surface area contributed by atoms with Crippen LogP contribution in [0.1, 0.15) is 10.4 Å². The van der Waals surface area contributed by atoms with Gasteiger partial charge in [0.15, 0.2) is 5.78 Å². The highest BCUT2D eigenvalue weighted by Gasteiger charge is 2.18. The largest absolute Gasteiger partial charge is 0.376 e.